The van der Waals surface area contributed by atoms with Gasteiger partial charge in [-0.25, -0.2) is 0 Å². The molecule has 0 aromatic heterocycles. The number of rotatable bonds is 8. The molecule has 0 aliphatic heterocycles. The van der Waals surface area contributed by atoms with E-state index >= 15 is 0 Å². The van der Waals surface area contributed by atoms with Gasteiger partial charge in [0.05, 0.1) is 0 Å². The van der Waals surface area contributed by atoms with E-state index in [2.05, 4.69) is 0 Å². The van der Waals surface area contributed by atoms with Crippen molar-refractivity contribution >= 4 is 26.9 Å². The number of aromatic carboxylic acids is 1. The molecule has 26 heavy (non-hydrogen) atoms. The maximum atomic E-state index is 11.8. The third kappa shape index (κ3) is 4.77. The number of esters is 1. The minimum atomic E-state index is -1.01. The SMILES string of the molecule is COC(=O)c1cc(C[Se]Cc2ccc(OC)c(C(=O)O)c2)ccc1OC. The van der Waals surface area contributed by atoms with Gasteiger partial charge >= 0.3 is 158 Å². The molecule has 2 aromatic carbocycles. The van der Waals surface area contributed by atoms with Crippen LogP contribution in [0.15, 0.2) is 36.4 Å². The molecule has 0 atom stereocenters. The number of methoxy groups -OCH3 is 3. The van der Waals surface area contributed by atoms with E-state index in [-0.39, 0.29) is 20.5 Å². The molecule has 0 aliphatic carbocycles. The van der Waals surface area contributed by atoms with Gasteiger partial charge in [0.2, 0.25) is 0 Å². The number of hydrogen-bond donors (Lipinski definition) is 1. The fourth-order valence-corrected chi connectivity index (χ4v) is 4.37. The fraction of sp³-hybridized carbons (Fsp3) is 0.263. The molecule has 0 spiro atoms. The van der Waals surface area contributed by atoms with Gasteiger partial charge in [-0.2, -0.15) is 0 Å². The van der Waals surface area contributed by atoms with Crippen LogP contribution >= 0.6 is 0 Å². The molecular weight excluding hydrogens is 403 g/mol. The number of hydrogen-bond acceptors (Lipinski definition) is 5. The van der Waals surface area contributed by atoms with Crippen LogP contribution in [0.3, 0.4) is 0 Å². The molecule has 0 radical (unpaired) electrons. The van der Waals surface area contributed by atoms with E-state index in [4.69, 9.17) is 14.2 Å². The van der Waals surface area contributed by atoms with Crippen LogP contribution in [0.25, 0.3) is 0 Å². The first-order valence-electron chi connectivity index (χ1n) is 7.73. The first-order chi connectivity index (χ1) is 12.5. The van der Waals surface area contributed by atoms with E-state index in [1.165, 1.54) is 21.3 Å². The standard InChI is InChI=1S/C19H20O6Se/c1-23-16-6-4-12(8-14(16)18(20)21)10-26-11-13-5-7-17(24-2)15(9-13)19(22)25-3/h4-9H,10-11H2,1-3H3,(H,20,21). The van der Waals surface area contributed by atoms with Crippen LogP contribution < -0.4 is 9.47 Å². The molecular formula is C19H20O6Se. The van der Waals surface area contributed by atoms with Crippen LogP contribution in [0.2, 0.25) is 0 Å². The Bertz CT molecular complexity index is 803. The van der Waals surface area contributed by atoms with E-state index in [1.807, 2.05) is 12.1 Å². The Morgan fingerprint density at radius 3 is 1.85 bits per heavy atom. The summed E-state index contributed by atoms with van der Waals surface area (Å²) in [6.45, 7) is 0. The summed E-state index contributed by atoms with van der Waals surface area (Å²) in [5.41, 5.74) is 2.53. The molecule has 0 bridgehead atoms. The van der Waals surface area contributed by atoms with Crippen LogP contribution in [-0.2, 0) is 15.4 Å². The number of ether oxygens (including phenoxy) is 3. The quantitative estimate of drug-likeness (QED) is 0.519. The van der Waals surface area contributed by atoms with Gasteiger partial charge in [-0.15, -0.1) is 0 Å². The van der Waals surface area contributed by atoms with Crippen molar-refractivity contribution in [2.45, 2.75) is 10.6 Å². The molecule has 0 saturated heterocycles. The summed E-state index contributed by atoms with van der Waals surface area (Å²) in [4.78, 5) is 23.1. The maximum absolute atomic E-state index is 11.8. The van der Waals surface area contributed by atoms with Gasteiger partial charge in [0, 0.05) is 0 Å². The average Bonchev–Trinajstić information content (AvgIpc) is 2.67. The van der Waals surface area contributed by atoms with Gasteiger partial charge in [-0.1, -0.05) is 0 Å². The van der Waals surface area contributed by atoms with E-state index in [0.29, 0.717) is 17.1 Å². The van der Waals surface area contributed by atoms with Crippen LogP contribution in [0.4, 0.5) is 0 Å². The first kappa shape index (κ1) is 19.8. The molecule has 0 amide bonds. The molecule has 0 aliphatic rings. The van der Waals surface area contributed by atoms with Crippen molar-refractivity contribution in [1.29, 1.82) is 0 Å². The van der Waals surface area contributed by atoms with Gasteiger partial charge in [0.25, 0.3) is 0 Å². The topological polar surface area (TPSA) is 82.1 Å². The summed E-state index contributed by atoms with van der Waals surface area (Å²) < 4.78 is 15.0. The van der Waals surface area contributed by atoms with Crippen LogP contribution in [0.1, 0.15) is 31.8 Å². The summed E-state index contributed by atoms with van der Waals surface area (Å²) in [7, 11) is 4.30. The van der Waals surface area contributed by atoms with Crippen molar-refractivity contribution in [2.75, 3.05) is 21.3 Å². The Balaban J connectivity index is 2.07. The number of carboxylic acid groups (broad SMARTS) is 1. The van der Waals surface area contributed by atoms with E-state index in [1.54, 1.807) is 24.3 Å². The summed E-state index contributed by atoms with van der Waals surface area (Å²) in [6, 6.07) is 10.7. The van der Waals surface area contributed by atoms with Crippen LogP contribution in [0, 0.1) is 0 Å². The molecule has 0 heterocycles. The predicted molar refractivity (Wildman–Crippen MR) is 97.4 cm³/mol. The Labute approximate surface area is 158 Å². The van der Waals surface area contributed by atoms with Crippen molar-refractivity contribution in [1.82, 2.24) is 0 Å². The molecule has 0 unspecified atom stereocenters. The van der Waals surface area contributed by atoms with Crippen LogP contribution in [0.5, 0.6) is 11.5 Å². The van der Waals surface area contributed by atoms with Gasteiger partial charge in [-0.3, -0.25) is 0 Å². The van der Waals surface area contributed by atoms with Crippen molar-refractivity contribution in [3.63, 3.8) is 0 Å². The summed E-state index contributed by atoms with van der Waals surface area (Å²) in [6.07, 6.45) is 0. The zero-order valence-corrected chi connectivity index (χ0v) is 16.5. The van der Waals surface area contributed by atoms with Crippen molar-refractivity contribution in [3.8, 4) is 11.5 Å². The second kappa shape index (κ2) is 9.27. The third-order valence-corrected chi connectivity index (χ3v) is 5.96. The number of carboxylic acids is 1. The molecule has 0 saturated carbocycles. The zero-order chi connectivity index (χ0) is 19.1. The molecule has 1 N–H and O–H groups in total. The Morgan fingerprint density at radius 2 is 1.38 bits per heavy atom. The molecule has 6 nitrogen and oxygen atoms in total. The van der Waals surface area contributed by atoms with Crippen molar-refractivity contribution < 1.29 is 28.9 Å². The summed E-state index contributed by atoms with van der Waals surface area (Å²) in [5.74, 6) is -0.604. The fourth-order valence-electron chi connectivity index (χ4n) is 2.41. The van der Waals surface area contributed by atoms with E-state index in [0.717, 1.165) is 21.8 Å². The normalized spacial score (nSPS) is 10.3. The Kier molecular flexibility index (Phi) is 7.06. The second-order valence-corrected chi connectivity index (χ2v) is 7.43. The molecule has 0 fully saturated rings. The molecule has 138 valence electrons. The number of benzene rings is 2. The molecule has 2 aromatic rings. The summed E-state index contributed by atoms with van der Waals surface area (Å²) >= 11 is 0.201. The number of carbonyl (C=O) groups is 2. The second-order valence-electron chi connectivity index (χ2n) is 5.36. The van der Waals surface area contributed by atoms with Gasteiger partial charge in [0.15, 0.2) is 0 Å². The van der Waals surface area contributed by atoms with Gasteiger partial charge in [0.1, 0.15) is 0 Å². The summed E-state index contributed by atoms with van der Waals surface area (Å²) in [5, 5.41) is 10.8. The third-order valence-electron chi connectivity index (χ3n) is 3.70. The minimum absolute atomic E-state index is 0.165. The Morgan fingerprint density at radius 1 is 0.885 bits per heavy atom. The predicted octanol–water partition coefficient (Wildman–Crippen LogP) is 2.59. The van der Waals surface area contributed by atoms with Crippen molar-refractivity contribution in [3.05, 3.63) is 58.7 Å². The zero-order valence-electron chi connectivity index (χ0n) is 14.8. The number of carbonyl (C=O) groups excluding carboxylic acids is 1. The molecule has 7 heteroatoms. The monoisotopic (exact) mass is 424 g/mol. The van der Waals surface area contributed by atoms with E-state index < -0.39 is 11.9 Å². The van der Waals surface area contributed by atoms with Gasteiger partial charge in [-0.05, 0) is 0 Å². The molecule has 2 rings (SSSR count). The van der Waals surface area contributed by atoms with Crippen molar-refractivity contribution in [2.24, 2.45) is 0 Å². The van der Waals surface area contributed by atoms with Crippen LogP contribution in [-0.4, -0.2) is 53.3 Å². The first-order valence-corrected chi connectivity index (χ1v) is 10.2. The van der Waals surface area contributed by atoms with E-state index in [9.17, 15) is 14.7 Å². The average molecular weight is 423 g/mol. The van der Waals surface area contributed by atoms with Gasteiger partial charge < -0.3 is 0 Å². The Hall–Kier alpha value is -2.50.